The van der Waals surface area contributed by atoms with Gasteiger partial charge in [0.1, 0.15) is 11.2 Å². The van der Waals surface area contributed by atoms with Crippen LogP contribution < -0.4 is 16.0 Å². The van der Waals surface area contributed by atoms with Gasteiger partial charge in [-0.25, -0.2) is 29.0 Å². The number of aromatic nitrogens is 4. The molecule has 0 saturated carbocycles. The van der Waals surface area contributed by atoms with Gasteiger partial charge in [-0.2, -0.15) is 5.10 Å². The number of rotatable bonds is 5. The monoisotopic (exact) mass is 283 g/mol. The number of sulfonamides is 1. The molecule has 0 aromatic carbocycles. The highest BCUT2D eigenvalue weighted by Gasteiger charge is 2.19. The molecule has 0 aliphatic carbocycles. The SMILES string of the molecule is Cn1cnc(CNS(=O)(=O)c2cccnc2NN)n1. The summed E-state index contributed by atoms with van der Waals surface area (Å²) < 4.78 is 28.0. The topological polar surface area (TPSA) is 128 Å². The fourth-order valence-corrected chi connectivity index (χ4v) is 2.52. The summed E-state index contributed by atoms with van der Waals surface area (Å²) in [5.74, 6) is 5.67. The zero-order valence-corrected chi connectivity index (χ0v) is 10.9. The Hall–Kier alpha value is -2.04. The van der Waals surface area contributed by atoms with Crippen LogP contribution in [0.2, 0.25) is 0 Å². The highest BCUT2D eigenvalue weighted by molar-refractivity contribution is 7.89. The number of anilines is 1. The number of nitrogens with two attached hydrogens (primary N) is 1. The minimum atomic E-state index is -3.74. The third-order valence-electron chi connectivity index (χ3n) is 2.26. The van der Waals surface area contributed by atoms with Crippen molar-refractivity contribution < 1.29 is 8.42 Å². The number of hydrogen-bond acceptors (Lipinski definition) is 7. The van der Waals surface area contributed by atoms with Gasteiger partial charge in [0.05, 0.1) is 6.54 Å². The zero-order valence-electron chi connectivity index (χ0n) is 10.1. The second-order valence-electron chi connectivity index (χ2n) is 3.65. The van der Waals surface area contributed by atoms with E-state index in [0.29, 0.717) is 5.82 Å². The van der Waals surface area contributed by atoms with Gasteiger partial charge in [0.15, 0.2) is 11.6 Å². The predicted molar refractivity (Wildman–Crippen MR) is 67.1 cm³/mol. The highest BCUT2D eigenvalue weighted by Crippen LogP contribution is 2.16. The Morgan fingerprint density at radius 2 is 2.21 bits per heavy atom. The summed E-state index contributed by atoms with van der Waals surface area (Å²) in [6.45, 7) is -0.0118. The summed E-state index contributed by atoms with van der Waals surface area (Å²) in [6.07, 6.45) is 2.93. The number of pyridine rings is 1. The van der Waals surface area contributed by atoms with Crippen LogP contribution in [-0.4, -0.2) is 28.2 Å². The van der Waals surface area contributed by atoms with Crippen LogP contribution in [0.3, 0.4) is 0 Å². The van der Waals surface area contributed by atoms with Crippen LogP contribution in [0, 0.1) is 0 Å². The first-order valence-corrected chi connectivity index (χ1v) is 6.77. The van der Waals surface area contributed by atoms with E-state index in [1.807, 2.05) is 0 Å². The lowest BCUT2D eigenvalue weighted by atomic mass is 10.5. The molecule has 0 fully saturated rings. The van der Waals surface area contributed by atoms with Crippen LogP contribution >= 0.6 is 0 Å². The number of hydrazine groups is 1. The first-order valence-electron chi connectivity index (χ1n) is 5.29. The second kappa shape index (κ2) is 5.30. The van der Waals surface area contributed by atoms with Crippen molar-refractivity contribution in [2.75, 3.05) is 5.43 Å². The van der Waals surface area contributed by atoms with Gasteiger partial charge < -0.3 is 5.43 Å². The smallest absolute Gasteiger partial charge is 0.244 e. The summed E-state index contributed by atoms with van der Waals surface area (Å²) in [5, 5.41) is 3.97. The molecule has 2 aromatic heterocycles. The van der Waals surface area contributed by atoms with E-state index in [0.717, 1.165) is 0 Å². The Labute approximate surface area is 109 Å². The minimum absolute atomic E-state index is 0.0118. The molecule has 2 heterocycles. The number of nitrogens with one attached hydrogen (secondary N) is 2. The minimum Gasteiger partial charge on any atom is -0.307 e. The molecule has 0 radical (unpaired) electrons. The van der Waals surface area contributed by atoms with Crippen molar-refractivity contribution in [1.29, 1.82) is 0 Å². The molecule has 2 rings (SSSR count). The van der Waals surface area contributed by atoms with Gasteiger partial charge in [-0.05, 0) is 12.1 Å². The lowest BCUT2D eigenvalue weighted by Gasteiger charge is -2.08. The summed E-state index contributed by atoms with van der Waals surface area (Å²) in [6, 6.07) is 2.91. The highest BCUT2D eigenvalue weighted by atomic mass is 32.2. The van der Waals surface area contributed by atoms with Crippen molar-refractivity contribution in [3.63, 3.8) is 0 Å². The van der Waals surface area contributed by atoms with Crippen LogP contribution in [0.1, 0.15) is 5.82 Å². The normalized spacial score (nSPS) is 11.5. The molecule has 0 atom stereocenters. The maximum Gasteiger partial charge on any atom is 0.244 e. The van der Waals surface area contributed by atoms with Crippen molar-refractivity contribution in [2.24, 2.45) is 12.9 Å². The van der Waals surface area contributed by atoms with Gasteiger partial charge in [-0.15, -0.1) is 0 Å². The van der Waals surface area contributed by atoms with Crippen molar-refractivity contribution in [3.8, 4) is 0 Å². The standard InChI is InChI=1S/C9H13N7O2S/c1-16-6-12-8(15-16)5-13-19(17,18)7-3-2-4-11-9(7)14-10/h2-4,6,13H,5,10H2,1H3,(H,11,14). The van der Waals surface area contributed by atoms with Crippen LogP contribution in [-0.2, 0) is 23.6 Å². The Kier molecular flexibility index (Phi) is 3.74. The maximum atomic E-state index is 12.1. The quantitative estimate of drug-likeness (QED) is 0.473. The Morgan fingerprint density at radius 3 is 2.84 bits per heavy atom. The lowest BCUT2D eigenvalue weighted by Crippen LogP contribution is -2.26. The van der Waals surface area contributed by atoms with Gasteiger partial charge in [-0.1, -0.05) is 0 Å². The van der Waals surface area contributed by atoms with Gasteiger partial charge in [-0.3, -0.25) is 4.68 Å². The van der Waals surface area contributed by atoms with E-state index < -0.39 is 10.0 Å². The zero-order chi connectivity index (χ0) is 13.9. The van der Waals surface area contributed by atoms with Crippen LogP contribution in [0.4, 0.5) is 5.82 Å². The number of hydrogen-bond donors (Lipinski definition) is 3. The molecule has 102 valence electrons. The van der Waals surface area contributed by atoms with E-state index in [4.69, 9.17) is 5.84 Å². The molecule has 0 bridgehead atoms. The molecule has 0 unspecified atom stereocenters. The van der Waals surface area contributed by atoms with E-state index in [9.17, 15) is 8.42 Å². The first kappa shape index (κ1) is 13.4. The molecular weight excluding hydrogens is 270 g/mol. The number of nitrogen functional groups attached to an aromatic ring is 1. The summed E-state index contributed by atoms with van der Waals surface area (Å²) in [7, 11) is -2.04. The van der Waals surface area contributed by atoms with Crippen molar-refractivity contribution in [2.45, 2.75) is 11.4 Å². The Bertz CT molecular complexity index is 667. The molecule has 0 aliphatic rings. The Balaban J connectivity index is 2.18. The molecule has 9 nitrogen and oxygen atoms in total. The summed E-state index contributed by atoms with van der Waals surface area (Å²) >= 11 is 0. The van der Waals surface area contributed by atoms with Gasteiger partial charge in [0, 0.05) is 13.2 Å². The summed E-state index contributed by atoms with van der Waals surface area (Å²) in [4.78, 5) is 7.72. The largest absolute Gasteiger partial charge is 0.307 e. The molecule has 0 spiro atoms. The average molecular weight is 283 g/mol. The third-order valence-corrected chi connectivity index (χ3v) is 3.70. The lowest BCUT2D eigenvalue weighted by molar-refractivity contribution is 0.578. The molecule has 2 aromatic rings. The number of aryl methyl sites for hydroxylation is 1. The molecule has 4 N–H and O–H groups in total. The van der Waals surface area contributed by atoms with Crippen molar-refractivity contribution >= 4 is 15.8 Å². The van der Waals surface area contributed by atoms with Crippen LogP contribution in [0.25, 0.3) is 0 Å². The fraction of sp³-hybridized carbons (Fsp3) is 0.222. The predicted octanol–water partition coefficient (Wildman–Crippen LogP) is -1.03. The second-order valence-corrected chi connectivity index (χ2v) is 5.39. The van der Waals surface area contributed by atoms with E-state index in [-0.39, 0.29) is 17.3 Å². The van der Waals surface area contributed by atoms with Crippen molar-refractivity contribution in [3.05, 3.63) is 30.5 Å². The third kappa shape index (κ3) is 3.05. The van der Waals surface area contributed by atoms with Gasteiger partial charge >= 0.3 is 0 Å². The summed E-state index contributed by atoms with van der Waals surface area (Å²) in [5.41, 5.74) is 2.24. The van der Waals surface area contributed by atoms with Gasteiger partial charge in [0.2, 0.25) is 10.0 Å². The van der Waals surface area contributed by atoms with E-state index in [1.165, 1.54) is 29.3 Å². The molecule has 19 heavy (non-hydrogen) atoms. The van der Waals surface area contributed by atoms with Crippen LogP contribution in [0.15, 0.2) is 29.6 Å². The Morgan fingerprint density at radius 1 is 1.42 bits per heavy atom. The van der Waals surface area contributed by atoms with E-state index >= 15 is 0 Å². The first-order chi connectivity index (χ1) is 9.03. The van der Waals surface area contributed by atoms with E-state index in [2.05, 4.69) is 25.2 Å². The molecule has 0 aliphatic heterocycles. The van der Waals surface area contributed by atoms with E-state index in [1.54, 1.807) is 7.05 Å². The number of nitrogens with zero attached hydrogens (tertiary/aromatic N) is 4. The average Bonchev–Trinajstić information content (AvgIpc) is 2.82. The van der Waals surface area contributed by atoms with Gasteiger partial charge in [0.25, 0.3) is 0 Å². The molecule has 10 heteroatoms. The van der Waals surface area contributed by atoms with Crippen molar-refractivity contribution in [1.82, 2.24) is 24.5 Å². The molecular formula is C9H13N7O2S. The maximum absolute atomic E-state index is 12.1. The molecule has 0 saturated heterocycles. The van der Waals surface area contributed by atoms with Crippen LogP contribution in [0.5, 0.6) is 0 Å². The molecule has 0 amide bonds. The fourth-order valence-electron chi connectivity index (χ4n) is 1.42.